The molecule has 14 heteroatoms. The molecule has 5 amide bonds. The molecule has 270 valence electrons. The van der Waals surface area contributed by atoms with Gasteiger partial charge in [-0.25, -0.2) is 4.79 Å². The van der Waals surface area contributed by atoms with Crippen LogP contribution in [0.25, 0.3) is 0 Å². The van der Waals surface area contributed by atoms with Crippen LogP contribution in [0.3, 0.4) is 0 Å². The number of carbonyl (C=O) groups is 6. The zero-order chi connectivity index (χ0) is 36.2. The van der Waals surface area contributed by atoms with Crippen LogP contribution in [-0.2, 0) is 46.5 Å². The second-order valence-corrected chi connectivity index (χ2v) is 14.4. The largest absolute Gasteiger partial charge is 0.617 e. The van der Waals surface area contributed by atoms with Crippen LogP contribution in [0.4, 0.5) is 10.5 Å². The molecule has 1 aromatic carbocycles. The average Bonchev–Trinajstić information content (AvgIpc) is 3.03. The predicted molar refractivity (Wildman–Crippen MR) is 186 cm³/mol. The highest BCUT2D eigenvalue weighted by Crippen LogP contribution is 2.15. The molecule has 0 saturated heterocycles. The van der Waals surface area contributed by atoms with Crippen LogP contribution in [0.15, 0.2) is 24.3 Å². The second-order valence-electron chi connectivity index (χ2n) is 12.8. The Morgan fingerprint density at radius 3 is 2.21 bits per heavy atom. The van der Waals surface area contributed by atoms with Crippen LogP contribution in [0.1, 0.15) is 72.3 Å². The number of nitrogens with one attached hydrogen (secondary N) is 3. The number of hydrogen-bond acceptors (Lipinski definition) is 8. The van der Waals surface area contributed by atoms with Crippen molar-refractivity contribution in [3.63, 3.8) is 0 Å². The number of anilines is 1. The molecule has 13 nitrogen and oxygen atoms in total. The first kappa shape index (κ1) is 42.4. The molecule has 0 saturated carbocycles. The van der Waals surface area contributed by atoms with Crippen molar-refractivity contribution >= 4 is 52.9 Å². The maximum Gasteiger partial charge on any atom is 0.410 e. The Bertz CT molecular complexity index is 1180. The van der Waals surface area contributed by atoms with Gasteiger partial charge >= 0.3 is 6.09 Å². The van der Waals surface area contributed by atoms with E-state index in [1.165, 1.54) is 6.92 Å². The number of aldehydes is 1. The normalized spacial score (nSPS) is 12.9. The molecule has 1 rings (SSSR count). The molecule has 3 N–H and O–H groups in total. The van der Waals surface area contributed by atoms with Gasteiger partial charge < -0.3 is 39.8 Å². The number of ether oxygens (including phenoxy) is 1. The highest BCUT2D eigenvalue weighted by Gasteiger charge is 2.20. The fraction of sp³-hybridized carbons (Fsp3) is 0.647. The molecule has 0 aliphatic rings. The number of nitrogens with zero attached hydrogens (tertiary/aromatic N) is 2. The molecule has 0 heterocycles. The number of benzene rings is 1. The minimum atomic E-state index is -1.02. The van der Waals surface area contributed by atoms with E-state index in [1.807, 2.05) is 27.7 Å². The summed E-state index contributed by atoms with van der Waals surface area (Å²) >= 11 is -1.02. The molecule has 0 radical (unpaired) electrons. The summed E-state index contributed by atoms with van der Waals surface area (Å²) in [7, 11) is 1.71. The Morgan fingerprint density at radius 2 is 1.62 bits per heavy atom. The Kier molecular flexibility index (Phi) is 20.2. The molecular formula is C34H55N5O8S. The number of hydrogen-bond donors (Lipinski definition) is 3. The fourth-order valence-electron chi connectivity index (χ4n) is 4.47. The van der Waals surface area contributed by atoms with Crippen molar-refractivity contribution in [3.05, 3.63) is 29.8 Å². The van der Waals surface area contributed by atoms with Crippen molar-refractivity contribution in [3.8, 4) is 0 Å². The monoisotopic (exact) mass is 693 g/mol. The lowest BCUT2D eigenvalue weighted by molar-refractivity contribution is -0.133. The lowest BCUT2D eigenvalue weighted by Gasteiger charge is -2.23. The molecule has 3 atom stereocenters. The Balaban J connectivity index is 2.35. The van der Waals surface area contributed by atoms with Crippen LogP contribution < -0.4 is 16.0 Å². The van der Waals surface area contributed by atoms with E-state index in [0.717, 1.165) is 18.3 Å². The zero-order valence-electron chi connectivity index (χ0n) is 29.5. The summed E-state index contributed by atoms with van der Waals surface area (Å²) in [5.41, 5.74) is 1.21. The number of carbonyl (C=O) groups excluding carboxylic acids is 6. The minimum absolute atomic E-state index is 0.0374. The summed E-state index contributed by atoms with van der Waals surface area (Å²) in [5.74, 6) is -0.884. The van der Waals surface area contributed by atoms with Gasteiger partial charge in [0, 0.05) is 44.6 Å². The first-order valence-electron chi connectivity index (χ1n) is 16.5. The maximum atomic E-state index is 12.6. The van der Waals surface area contributed by atoms with E-state index in [-0.39, 0.29) is 55.6 Å². The van der Waals surface area contributed by atoms with E-state index < -0.39 is 35.1 Å². The van der Waals surface area contributed by atoms with E-state index >= 15 is 0 Å². The Labute approximate surface area is 288 Å². The van der Waals surface area contributed by atoms with Gasteiger partial charge in [0.1, 0.15) is 24.7 Å². The molecule has 1 aromatic rings. The van der Waals surface area contributed by atoms with E-state index in [2.05, 4.69) is 16.0 Å². The third kappa shape index (κ3) is 18.0. The lowest BCUT2D eigenvalue weighted by atomic mass is 9.93. The summed E-state index contributed by atoms with van der Waals surface area (Å²) < 4.78 is 16.9. The number of rotatable bonds is 22. The SMILES string of the molecule is CC(C)CN(CC[S+](C)[O-])C(=O)OCc1ccc(NC(=O)C(C)NC(=O)CNC(=O)CCCCCN(C)C(=O)CC(C=O)C(C)C)cc1. The number of unbranched alkanes of at least 4 members (excludes halogenated alkanes) is 2. The molecule has 0 aliphatic carbocycles. The van der Waals surface area contributed by atoms with Crippen LogP contribution >= 0.6 is 0 Å². The van der Waals surface area contributed by atoms with E-state index in [0.29, 0.717) is 43.9 Å². The molecule has 0 aliphatic heterocycles. The minimum Gasteiger partial charge on any atom is -0.617 e. The first-order chi connectivity index (χ1) is 22.6. The Hall–Kier alpha value is -3.65. The van der Waals surface area contributed by atoms with Gasteiger partial charge in [-0.15, -0.1) is 0 Å². The molecule has 0 aromatic heterocycles. The molecule has 0 fully saturated rings. The highest BCUT2D eigenvalue weighted by atomic mass is 32.2. The summed E-state index contributed by atoms with van der Waals surface area (Å²) in [6.07, 6.45) is 4.41. The van der Waals surface area contributed by atoms with Crippen molar-refractivity contribution in [2.24, 2.45) is 17.8 Å². The van der Waals surface area contributed by atoms with Crippen molar-refractivity contribution in [1.29, 1.82) is 0 Å². The van der Waals surface area contributed by atoms with Gasteiger partial charge in [-0.1, -0.05) is 57.4 Å². The van der Waals surface area contributed by atoms with Crippen molar-refractivity contribution in [2.75, 3.05) is 50.6 Å². The van der Waals surface area contributed by atoms with Crippen molar-refractivity contribution in [2.45, 2.75) is 79.4 Å². The second kappa shape index (κ2) is 22.8. The van der Waals surface area contributed by atoms with Gasteiger partial charge in [0.2, 0.25) is 23.6 Å². The molecule has 0 spiro atoms. The van der Waals surface area contributed by atoms with Crippen LogP contribution in [0.5, 0.6) is 0 Å². The molecular weight excluding hydrogens is 638 g/mol. The van der Waals surface area contributed by atoms with Gasteiger partial charge in [-0.2, -0.15) is 0 Å². The zero-order valence-corrected chi connectivity index (χ0v) is 30.4. The van der Waals surface area contributed by atoms with Crippen molar-refractivity contribution < 1.29 is 38.1 Å². The lowest BCUT2D eigenvalue weighted by Crippen LogP contribution is -2.45. The van der Waals surface area contributed by atoms with Crippen LogP contribution in [0.2, 0.25) is 0 Å². The van der Waals surface area contributed by atoms with Crippen LogP contribution in [0, 0.1) is 17.8 Å². The molecule has 3 unspecified atom stereocenters. The summed E-state index contributed by atoms with van der Waals surface area (Å²) in [4.78, 5) is 76.2. The fourth-order valence-corrected chi connectivity index (χ4v) is 4.95. The average molecular weight is 694 g/mol. The van der Waals surface area contributed by atoms with E-state index in [9.17, 15) is 33.3 Å². The van der Waals surface area contributed by atoms with Gasteiger partial charge in [-0.3, -0.25) is 19.2 Å². The maximum absolute atomic E-state index is 12.6. The van der Waals surface area contributed by atoms with Gasteiger partial charge in [-0.05, 0) is 49.3 Å². The molecule has 48 heavy (non-hydrogen) atoms. The smallest absolute Gasteiger partial charge is 0.410 e. The van der Waals surface area contributed by atoms with Gasteiger partial charge in [0.15, 0.2) is 0 Å². The van der Waals surface area contributed by atoms with Gasteiger partial charge in [0.25, 0.3) is 0 Å². The summed E-state index contributed by atoms with van der Waals surface area (Å²) in [6.45, 7) is 10.5. The van der Waals surface area contributed by atoms with Crippen molar-refractivity contribution in [1.82, 2.24) is 20.4 Å². The van der Waals surface area contributed by atoms with Gasteiger partial charge in [0.05, 0.1) is 19.3 Å². The van der Waals surface area contributed by atoms with E-state index in [4.69, 9.17) is 4.74 Å². The summed E-state index contributed by atoms with van der Waals surface area (Å²) in [6, 6.07) is 5.89. The first-order valence-corrected chi connectivity index (χ1v) is 18.2. The number of amides is 5. The Morgan fingerprint density at radius 1 is 0.958 bits per heavy atom. The standard InChI is InChI=1S/C34H55N5O8S/c1-24(2)21-39(17-18-48(7)46)34(45)47-23-27-12-14-29(15-13-27)37-33(44)26(5)36-31(42)20-35-30(41)11-9-8-10-16-38(6)32(43)19-28(22-40)25(3)4/h12-15,22,24-26,28H,8-11,16-21,23H2,1-7H3,(H,35,41)(H,36,42)(H,37,44). The summed E-state index contributed by atoms with van der Waals surface area (Å²) in [5, 5.41) is 7.83. The molecule has 0 bridgehead atoms. The third-order valence-corrected chi connectivity index (χ3v) is 8.32. The van der Waals surface area contributed by atoms with Crippen LogP contribution in [-0.4, -0.2) is 102 Å². The quantitative estimate of drug-likeness (QED) is 0.0943. The topological polar surface area (TPSA) is 177 Å². The third-order valence-electron chi connectivity index (χ3n) is 7.56. The predicted octanol–water partition coefficient (Wildman–Crippen LogP) is 3.10. The highest BCUT2D eigenvalue weighted by molar-refractivity contribution is 7.90. The van der Waals surface area contributed by atoms with E-state index in [1.54, 1.807) is 47.4 Å².